The van der Waals surface area contributed by atoms with Crippen LogP contribution in [0, 0.1) is 11.8 Å². The van der Waals surface area contributed by atoms with Crippen LogP contribution in [0.5, 0.6) is 0 Å². The molecular weight excluding hydrogens is 340 g/mol. The summed E-state index contributed by atoms with van der Waals surface area (Å²) in [7, 11) is 0. The van der Waals surface area contributed by atoms with Gasteiger partial charge in [0.15, 0.2) is 0 Å². The van der Waals surface area contributed by atoms with E-state index in [2.05, 4.69) is 32.1 Å². The first kappa shape index (κ1) is 14.9. The zero-order valence-corrected chi connectivity index (χ0v) is 14.2. The number of hydrogen-bond donors (Lipinski definition) is 1. The molecular formula is C17H12N4OS2. The van der Waals surface area contributed by atoms with Gasteiger partial charge >= 0.3 is 0 Å². The van der Waals surface area contributed by atoms with Crippen molar-refractivity contribution in [2.24, 2.45) is 0 Å². The van der Waals surface area contributed by atoms with Gasteiger partial charge in [0, 0.05) is 23.9 Å². The molecule has 0 bridgehead atoms. The number of fused-ring (bicyclic) bond motifs is 1. The standard InChI is InChI=1S/C17H12N4OS2/c1(3-13-10-24-16(21-13)12-4-7-22-9-12)2-6-18-15-14-5-8-23-17(14)20-11-19-15/h4-5,7-11H,2,6H2,(H,18,19,20). The Morgan fingerprint density at radius 1 is 1.21 bits per heavy atom. The highest BCUT2D eigenvalue weighted by Gasteiger charge is 2.04. The third-order valence-electron chi connectivity index (χ3n) is 3.29. The van der Waals surface area contributed by atoms with Gasteiger partial charge in [-0.3, -0.25) is 0 Å². The van der Waals surface area contributed by atoms with Gasteiger partial charge in [-0.05, 0) is 23.4 Å². The number of thiazole rings is 1. The zero-order valence-electron chi connectivity index (χ0n) is 12.5. The fourth-order valence-corrected chi connectivity index (χ4v) is 3.65. The van der Waals surface area contributed by atoms with E-state index in [1.165, 1.54) is 0 Å². The highest BCUT2D eigenvalue weighted by molar-refractivity contribution is 7.16. The van der Waals surface area contributed by atoms with Gasteiger partial charge in [0.05, 0.1) is 11.6 Å². The summed E-state index contributed by atoms with van der Waals surface area (Å²) in [6.45, 7) is 0.730. The quantitative estimate of drug-likeness (QED) is 0.439. The van der Waals surface area contributed by atoms with Crippen LogP contribution in [0.1, 0.15) is 12.1 Å². The lowest BCUT2D eigenvalue weighted by molar-refractivity contribution is 0.568. The predicted octanol–water partition coefficient (Wildman–Crippen LogP) is 4.26. The van der Waals surface area contributed by atoms with Gasteiger partial charge in [0.2, 0.25) is 0 Å². The Balaban J connectivity index is 1.35. The smallest absolute Gasteiger partial charge is 0.138 e. The van der Waals surface area contributed by atoms with Gasteiger partial charge in [-0.15, -0.1) is 22.7 Å². The van der Waals surface area contributed by atoms with Crippen molar-refractivity contribution < 1.29 is 4.42 Å². The molecule has 0 spiro atoms. The number of nitrogens with one attached hydrogen (secondary N) is 1. The maximum atomic E-state index is 5.07. The van der Waals surface area contributed by atoms with Crippen LogP contribution in [-0.2, 0) is 0 Å². The average molecular weight is 352 g/mol. The molecule has 0 saturated heterocycles. The van der Waals surface area contributed by atoms with Gasteiger partial charge in [-0.25, -0.2) is 15.0 Å². The lowest BCUT2D eigenvalue weighted by atomic mass is 10.3. The topological polar surface area (TPSA) is 63.8 Å². The molecule has 0 aliphatic heterocycles. The van der Waals surface area contributed by atoms with Crippen LogP contribution >= 0.6 is 22.7 Å². The fourth-order valence-electron chi connectivity index (χ4n) is 2.18. The third kappa shape index (κ3) is 3.15. The molecule has 0 aliphatic rings. The van der Waals surface area contributed by atoms with Crippen LogP contribution in [0.3, 0.4) is 0 Å². The van der Waals surface area contributed by atoms with Crippen molar-refractivity contribution in [3.63, 3.8) is 0 Å². The first-order valence-electron chi connectivity index (χ1n) is 7.29. The molecule has 0 fully saturated rings. The molecule has 4 rings (SSSR count). The van der Waals surface area contributed by atoms with E-state index < -0.39 is 0 Å². The SMILES string of the molecule is C(#Cc1csc(-c2ccoc2)n1)CCNc1ncnc2sccc12. The Kier molecular flexibility index (Phi) is 4.23. The lowest BCUT2D eigenvalue weighted by Gasteiger charge is -2.03. The van der Waals surface area contributed by atoms with E-state index in [0.717, 1.165) is 38.8 Å². The van der Waals surface area contributed by atoms with Crippen molar-refractivity contribution in [2.45, 2.75) is 6.42 Å². The lowest BCUT2D eigenvalue weighted by Crippen LogP contribution is -2.02. The Morgan fingerprint density at radius 3 is 3.12 bits per heavy atom. The molecule has 4 aromatic rings. The molecule has 1 N–H and O–H groups in total. The second kappa shape index (κ2) is 6.83. The molecule has 24 heavy (non-hydrogen) atoms. The van der Waals surface area contributed by atoms with Crippen molar-refractivity contribution in [3.05, 3.63) is 47.4 Å². The summed E-state index contributed by atoms with van der Waals surface area (Å²) >= 11 is 3.18. The summed E-state index contributed by atoms with van der Waals surface area (Å²) in [5, 5.41) is 9.27. The highest BCUT2D eigenvalue weighted by atomic mass is 32.1. The monoisotopic (exact) mass is 352 g/mol. The first-order chi connectivity index (χ1) is 11.9. The minimum absolute atomic E-state index is 0.716. The van der Waals surface area contributed by atoms with Gasteiger partial charge in [0.25, 0.3) is 0 Å². The van der Waals surface area contributed by atoms with Gasteiger partial charge in [-0.2, -0.15) is 0 Å². The highest BCUT2D eigenvalue weighted by Crippen LogP contribution is 2.24. The van der Waals surface area contributed by atoms with Crippen LogP contribution in [-0.4, -0.2) is 21.5 Å². The van der Waals surface area contributed by atoms with E-state index in [1.54, 1.807) is 41.5 Å². The van der Waals surface area contributed by atoms with E-state index in [4.69, 9.17) is 4.42 Å². The van der Waals surface area contributed by atoms with E-state index in [1.807, 2.05) is 22.9 Å². The molecule has 0 amide bonds. The summed E-state index contributed by atoms with van der Waals surface area (Å²) in [5.41, 5.74) is 1.77. The number of furan rings is 1. The summed E-state index contributed by atoms with van der Waals surface area (Å²) in [5.74, 6) is 7.09. The number of nitrogens with zero attached hydrogens (tertiary/aromatic N) is 3. The number of thiophene rings is 1. The Morgan fingerprint density at radius 2 is 2.21 bits per heavy atom. The maximum absolute atomic E-state index is 5.07. The van der Waals surface area contributed by atoms with E-state index in [0.29, 0.717) is 6.42 Å². The Labute approximate surface area is 146 Å². The molecule has 0 aromatic carbocycles. The average Bonchev–Trinajstić information content (AvgIpc) is 3.34. The van der Waals surface area contributed by atoms with E-state index in [9.17, 15) is 0 Å². The predicted molar refractivity (Wildman–Crippen MR) is 97.2 cm³/mol. The molecule has 118 valence electrons. The summed E-state index contributed by atoms with van der Waals surface area (Å²) < 4.78 is 5.07. The molecule has 0 radical (unpaired) electrons. The van der Waals surface area contributed by atoms with Crippen molar-refractivity contribution in [2.75, 3.05) is 11.9 Å². The maximum Gasteiger partial charge on any atom is 0.138 e. The molecule has 0 saturated carbocycles. The molecule has 4 aromatic heterocycles. The molecule has 5 nitrogen and oxygen atoms in total. The van der Waals surface area contributed by atoms with Crippen molar-refractivity contribution >= 4 is 38.7 Å². The van der Waals surface area contributed by atoms with Gasteiger partial charge in [0.1, 0.15) is 33.9 Å². The minimum Gasteiger partial charge on any atom is -0.472 e. The normalized spacial score (nSPS) is 10.5. The molecule has 0 atom stereocenters. The molecule has 0 unspecified atom stereocenters. The van der Waals surface area contributed by atoms with E-state index >= 15 is 0 Å². The van der Waals surface area contributed by atoms with Crippen LogP contribution < -0.4 is 5.32 Å². The fraction of sp³-hybridized carbons (Fsp3) is 0.118. The molecule has 4 heterocycles. The molecule has 7 heteroatoms. The Bertz CT molecular complexity index is 1010. The number of anilines is 1. The number of aromatic nitrogens is 3. The minimum atomic E-state index is 0.716. The van der Waals surface area contributed by atoms with Gasteiger partial charge < -0.3 is 9.73 Å². The largest absolute Gasteiger partial charge is 0.472 e. The summed E-state index contributed by atoms with van der Waals surface area (Å²) in [6, 6.07) is 3.92. The van der Waals surface area contributed by atoms with Crippen LogP contribution in [0.4, 0.5) is 5.82 Å². The second-order valence-corrected chi connectivity index (χ2v) is 6.64. The Hall–Kier alpha value is -2.69. The van der Waals surface area contributed by atoms with Gasteiger partial charge in [-0.1, -0.05) is 5.92 Å². The van der Waals surface area contributed by atoms with E-state index in [-0.39, 0.29) is 0 Å². The second-order valence-electron chi connectivity index (χ2n) is 4.89. The number of rotatable bonds is 4. The van der Waals surface area contributed by atoms with Crippen molar-refractivity contribution in [1.82, 2.24) is 15.0 Å². The van der Waals surface area contributed by atoms with Crippen molar-refractivity contribution in [3.8, 4) is 22.4 Å². The number of hydrogen-bond acceptors (Lipinski definition) is 7. The summed E-state index contributed by atoms with van der Waals surface area (Å²) in [6.07, 6.45) is 5.63. The summed E-state index contributed by atoms with van der Waals surface area (Å²) in [4.78, 5) is 14.0. The third-order valence-corrected chi connectivity index (χ3v) is 5.01. The van der Waals surface area contributed by atoms with Crippen LogP contribution in [0.2, 0.25) is 0 Å². The molecule has 0 aliphatic carbocycles. The van der Waals surface area contributed by atoms with Crippen LogP contribution in [0.25, 0.3) is 20.8 Å². The van der Waals surface area contributed by atoms with Crippen LogP contribution in [0.15, 0.2) is 46.2 Å². The first-order valence-corrected chi connectivity index (χ1v) is 9.05. The van der Waals surface area contributed by atoms with Crippen molar-refractivity contribution in [1.29, 1.82) is 0 Å². The zero-order chi connectivity index (χ0) is 16.2.